The number of amides is 1. The number of thiophene rings is 1. The molecule has 6 nitrogen and oxygen atoms in total. The van der Waals surface area contributed by atoms with Crippen molar-refractivity contribution < 1.29 is 9.18 Å². The minimum Gasteiger partial charge on any atom is -0.335 e. The zero-order chi connectivity index (χ0) is 20.7. The molecule has 1 fully saturated rings. The SMILES string of the molecule is O=C(c1cc2c(F)cccc2s1)N1CCN(Cc2cc(=O)n3ccccc3n2)CC1. The number of carbonyl (C=O) groups is 1. The summed E-state index contributed by atoms with van der Waals surface area (Å²) in [5.74, 6) is -0.358. The highest BCUT2D eigenvalue weighted by Crippen LogP contribution is 2.28. The van der Waals surface area contributed by atoms with Gasteiger partial charge in [-0.1, -0.05) is 12.1 Å². The molecule has 5 rings (SSSR count). The third-order valence-corrected chi connectivity index (χ3v) is 6.48. The van der Waals surface area contributed by atoms with Crippen LogP contribution in [0.25, 0.3) is 15.7 Å². The third-order valence-electron chi connectivity index (χ3n) is 5.39. The predicted octanol–water partition coefficient (Wildman–Crippen LogP) is 3.01. The number of hydrogen-bond donors (Lipinski definition) is 0. The smallest absolute Gasteiger partial charge is 0.264 e. The fraction of sp³-hybridized carbons (Fsp3) is 0.227. The van der Waals surface area contributed by atoms with E-state index in [1.54, 1.807) is 30.5 Å². The molecule has 0 saturated carbocycles. The number of fused-ring (bicyclic) bond motifs is 2. The molecular weight excluding hydrogens is 403 g/mol. The average molecular weight is 422 g/mol. The highest BCUT2D eigenvalue weighted by Gasteiger charge is 2.24. The first-order valence-electron chi connectivity index (χ1n) is 9.75. The number of aromatic nitrogens is 2. The van der Waals surface area contributed by atoms with Crippen molar-refractivity contribution in [3.05, 3.63) is 81.5 Å². The minimum atomic E-state index is -0.300. The number of benzene rings is 1. The van der Waals surface area contributed by atoms with Crippen molar-refractivity contribution in [2.75, 3.05) is 26.2 Å². The summed E-state index contributed by atoms with van der Waals surface area (Å²) in [5, 5.41) is 0.498. The van der Waals surface area contributed by atoms with E-state index in [2.05, 4.69) is 9.88 Å². The Morgan fingerprint density at radius 1 is 1.07 bits per heavy atom. The quantitative estimate of drug-likeness (QED) is 0.509. The fourth-order valence-electron chi connectivity index (χ4n) is 3.81. The maximum absolute atomic E-state index is 13.9. The lowest BCUT2D eigenvalue weighted by atomic mass is 10.2. The standard InChI is InChI=1S/C22H19FN4O2S/c23-17-4-3-5-18-16(17)13-19(30-18)22(29)26-10-8-25(9-11-26)14-15-12-21(28)27-7-2-1-6-20(27)24-15/h1-7,12-13H,8-11,14H2. The Labute approximate surface area is 175 Å². The Morgan fingerprint density at radius 2 is 1.90 bits per heavy atom. The number of nitrogens with zero attached hydrogens (tertiary/aromatic N) is 4. The summed E-state index contributed by atoms with van der Waals surface area (Å²) in [7, 11) is 0. The van der Waals surface area contributed by atoms with Crippen molar-refractivity contribution in [2.45, 2.75) is 6.54 Å². The lowest BCUT2D eigenvalue weighted by Gasteiger charge is -2.34. The number of rotatable bonds is 3. The van der Waals surface area contributed by atoms with Crippen LogP contribution in [0.3, 0.4) is 0 Å². The van der Waals surface area contributed by atoms with Gasteiger partial charge in [0.1, 0.15) is 11.5 Å². The molecule has 4 heterocycles. The van der Waals surface area contributed by atoms with Gasteiger partial charge < -0.3 is 4.90 Å². The van der Waals surface area contributed by atoms with Crippen LogP contribution < -0.4 is 5.56 Å². The van der Waals surface area contributed by atoms with Gasteiger partial charge in [0.25, 0.3) is 11.5 Å². The third kappa shape index (κ3) is 3.48. The molecule has 8 heteroatoms. The molecule has 1 aromatic carbocycles. The Morgan fingerprint density at radius 3 is 2.70 bits per heavy atom. The summed E-state index contributed by atoms with van der Waals surface area (Å²) >= 11 is 1.33. The highest BCUT2D eigenvalue weighted by atomic mass is 32.1. The van der Waals surface area contributed by atoms with Crippen LogP contribution in [-0.2, 0) is 6.54 Å². The second kappa shape index (κ2) is 7.62. The lowest BCUT2D eigenvalue weighted by Crippen LogP contribution is -2.48. The minimum absolute atomic E-state index is 0.0580. The fourth-order valence-corrected chi connectivity index (χ4v) is 4.85. The summed E-state index contributed by atoms with van der Waals surface area (Å²) < 4.78 is 16.2. The molecule has 1 saturated heterocycles. The van der Waals surface area contributed by atoms with E-state index in [1.807, 2.05) is 23.1 Å². The highest BCUT2D eigenvalue weighted by molar-refractivity contribution is 7.20. The molecule has 0 unspecified atom stereocenters. The Bertz CT molecular complexity index is 1310. The molecule has 1 aliphatic heterocycles. The molecule has 0 aliphatic carbocycles. The van der Waals surface area contributed by atoms with Gasteiger partial charge in [0.2, 0.25) is 0 Å². The molecule has 1 amide bonds. The average Bonchev–Trinajstić information content (AvgIpc) is 3.20. The van der Waals surface area contributed by atoms with Gasteiger partial charge in [-0.3, -0.25) is 18.9 Å². The first kappa shape index (κ1) is 18.9. The second-order valence-corrected chi connectivity index (χ2v) is 8.43. The van der Waals surface area contributed by atoms with E-state index in [0.29, 0.717) is 48.6 Å². The number of carbonyl (C=O) groups excluding carboxylic acids is 1. The van der Waals surface area contributed by atoms with Gasteiger partial charge in [0.15, 0.2) is 0 Å². The summed E-state index contributed by atoms with van der Waals surface area (Å²) in [6.07, 6.45) is 1.71. The zero-order valence-electron chi connectivity index (χ0n) is 16.1. The van der Waals surface area contributed by atoms with Crippen LogP contribution in [0.1, 0.15) is 15.4 Å². The summed E-state index contributed by atoms with van der Waals surface area (Å²) in [6, 6.07) is 13.6. The largest absolute Gasteiger partial charge is 0.335 e. The molecule has 0 atom stereocenters. The molecule has 1 aliphatic rings. The summed E-state index contributed by atoms with van der Waals surface area (Å²) in [4.78, 5) is 34.3. The van der Waals surface area contributed by atoms with Crippen molar-refractivity contribution in [3.63, 3.8) is 0 Å². The molecule has 0 bridgehead atoms. The maximum Gasteiger partial charge on any atom is 0.264 e. The van der Waals surface area contributed by atoms with Crippen molar-refractivity contribution in [1.29, 1.82) is 0 Å². The van der Waals surface area contributed by atoms with Gasteiger partial charge >= 0.3 is 0 Å². The van der Waals surface area contributed by atoms with Crippen LogP contribution in [0.4, 0.5) is 4.39 Å². The molecule has 4 aromatic rings. The van der Waals surface area contributed by atoms with Gasteiger partial charge in [-0.25, -0.2) is 9.37 Å². The van der Waals surface area contributed by atoms with Gasteiger partial charge in [0, 0.05) is 55.1 Å². The van der Waals surface area contributed by atoms with E-state index < -0.39 is 0 Å². The number of halogens is 1. The summed E-state index contributed by atoms with van der Waals surface area (Å²) in [6.45, 7) is 3.13. The van der Waals surface area contributed by atoms with Crippen molar-refractivity contribution in [2.24, 2.45) is 0 Å². The zero-order valence-corrected chi connectivity index (χ0v) is 16.9. The molecule has 152 valence electrons. The van der Waals surface area contributed by atoms with Crippen LogP contribution in [0, 0.1) is 5.82 Å². The monoisotopic (exact) mass is 422 g/mol. The van der Waals surface area contributed by atoms with Crippen LogP contribution in [0.5, 0.6) is 0 Å². The Hall–Kier alpha value is -3.10. The first-order valence-corrected chi connectivity index (χ1v) is 10.6. The molecular formula is C22H19FN4O2S. The first-order chi connectivity index (χ1) is 14.6. The van der Waals surface area contributed by atoms with Crippen molar-refractivity contribution in [3.8, 4) is 0 Å². The molecule has 0 radical (unpaired) electrons. The number of hydrogen-bond acceptors (Lipinski definition) is 5. The van der Waals surface area contributed by atoms with Gasteiger partial charge in [-0.15, -0.1) is 11.3 Å². The van der Waals surface area contributed by atoms with Crippen LogP contribution >= 0.6 is 11.3 Å². The second-order valence-electron chi connectivity index (χ2n) is 7.35. The van der Waals surface area contributed by atoms with E-state index in [1.165, 1.54) is 21.8 Å². The molecule has 0 spiro atoms. The molecule has 0 N–H and O–H groups in total. The topological polar surface area (TPSA) is 57.9 Å². The van der Waals surface area contributed by atoms with Crippen molar-refractivity contribution >= 4 is 33.0 Å². The van der Waals surface area contributed by atoms with Gasteiger partial charge in [-0.05, 0) is 30.3 Å². The normalized spacial score (nSPS) is 15.2. The van der Waals surface area contributed by atoms with E-state index in [9.17, 15) is 14.0 Å². The van der Waals surface area contributed by atoms with E-state index >= 15 is 0 Å². The lowest BCUT2D eigenvalue weighted by molar-refractivity contribution is 0.0632. The number of pyridine rings is 1. The van der Waals surface area contributed by atoms with E-state index in [-0.39, 0.29) is 17.3 Å². The van der Waals surface area contributed by atoms with E-state index in [4.69, 9.17) is 0 Å². The predicted molar refractivity (Wildman–Crippen MR) is 114 cm³/mol. The van der Waals surface area contributed by atoms with E-state index in [0.717, 1.165) is 10.4 Å². The van der Waals surface area contributed by atoms with Crippen LogP contribution in [0.2, 0.25) is 0 Å². The Kier molecular flexibility index (Phi) is 4.80. The summed E-state index contributed by atoms with van der Waals surface area (Å²) in [5.41, 5.74) is 1.26. The number of piperazine rings is 1. The van der Waals surface area contributed by atoms with Crippen LogP contribution in [0.15, 0.2) is 59.5 Å². The van der Waals surface area contributed by atoms with Gasteiger partial charge in [-0.2, -0.15) is 0 Å². The molecule has 3 aromatic heterocycles. The maximum atomic E-state index is 13.9. The Balaban J connectivity index is 1.26. The van der Waals surface area contributed by atoms with Crippen LogP contribution in [-0.4, -0.2) is 51.3 Å². The van der Waals surface area contributed by atoms with Crippen molar-refractivity contribution in [1.82, 2.24) is 19.2 Å². The van der Waals surface area contributed by atoms with Gasteiger partial charge in [0.05, 0.1) is 10.6 Å². The molecule has 30 heavy (non-hydrogen) atoms.